The summed E-state index contributed by atoms with van der Waals surface area (Å²) in [5.74, 6) is -0.338. The maximum absolute atomic E-state index is 13.7. The predicted molar refractivity (Wildman–Crippen MR) is 131 cm³/mol. The summed E-state index contributed by atoms with van der Waals surface area (Å²) >= 11 is 1.17. The molecule has 1 aromatic heterocycles. The summed E-state index contributed by atoms with van der Waals surface area (Å²) in [6, 6.07) is 1.72. The summed E-state index contributed by atoms with van der Waals surface area (Å²) in [5.41, 5.74) is 0.529. The van der Waals surface area contributed by atoms with Gasteiger partial charge in [-0.2, -0.15) is 0 Å². The minimum absolute atomic E-state index is 0.00852. The van der Waals surface area contributed by atoms with E-state index in [0.29, 0.717) is 18.2 Å². The number of carbonyl (C=O) groups is 3. The van der Waals surface area contributed by atoms with Gasteiger partial charge in [0.2, 0.25) is 5.91 Å². The molecule has 0 unspecified atom stereocenters. The summed E-state index contributed by atoms with van der Waals surface area (Å²) in [6.07, 6.45) is 8.16. The van der Waals surface area contributed by atoms with Crippen LogP contribution in [-0.4, -0.2) is 54.4 Å². The van der Waals surface area contributed by atoms with E-state index in [2.05, 4.69) is 17.6 Å². The standard InChI is InChI=1S/C25H37N3O5S/c1-16-4-6-17(7-5-16)23(29)28(21-12-14-34-22(21)24(30)31)19-10-8-18(9-11-19)27-25(32)33-20-3-2-13-26-15-20/h12,14,16-20,26H,2-11,13,15H2,1H3,(H,27,32)(H,30,31)/t16?,17?,18?,19?,20-/m1/s1. The minimum Gasteiger partial charge on any atom is -0.477 e. The first kappa shape index (κ1) is 25.0. The van der Waals surface area contributed by atoms with E-state index >= 15 is 0 Å². The Labute approximate surface area is 205 Å². The quantitative estimate of drug-likeness (QED) is 0.545. The number of amides is 2. The Hall–Kier alpha value is -2.13. The molecule has 0 spiro atoms. The Bertz CT molecular complexity index is 852. The van der Waals surface area contributed by atoms with E-state index in [4.69, 9.17) is 4.74 Å². The molecule has 3 aliphatic rings. The molecular weight excluding hydrogens is 454 g/mol. The number of ether oxygens (including phenoxy) is 1. The summed E-state index contributed by atoms with van der Waals surface area (Å²) in [6.45, 7) is 3.89. The number of anilines is 1. The number of carbonyl (C=O) groups excluding carboxylic acids is 2. The molecule has 2 aliphatic carbocycles. The van der Waals surface area contributed by atoms with Crippen molar-refractivity contribution in [1.29, 1.82) is 0 Å². The van der Waals surface area contributed by atoms with Crippen LogP contribution in [0.2, 0.25) is 0 Å². The number of aromatic carboxylic acids is 1. The van der Waals surface area contributed by atoms with Crippen LogP contribution in [0.4, 0.5) is 10.5 Å². The first-order valence-corrected chi connectivity index (χ1v) is 13.6. The van der Waals surface area contributed by atoms with Crippen molar-refractivity contribution in [2.24, 2.45) is 11.8 Å². The van der Waals surface area contributed by atoms with Gasteiger partial charge in [-0.3, -0.25) is 4.79 Å². The largest absolute Gasteiger partial charge is 0.477 e. The molecule has 3 N–H and O–H groups in total. The molecule has 9 heteroatoms. The topological polar surface area (TPSA) is 108 Å². The van der Waals surface area contributed by atoms with Crippen LogP contribution in [0, 0.1) is 11.8 Å². The van der Waals surface area contributed by atoms with E-state index in [9.17, 15) is 19.5 Å². The van der Waals surface area contributed by atoms with Gasteiger partial charge in [-0.15, -0.1) is 11.3 Å². The molecule has 0 bridgehead atoms. The predicted octanol–water partition coefficient (Wildman–Crippen LogP) is 4.40. The number of carboxylic acids is 1. The van der Waals surface area contributed by atoms with E-state index in [1.165, 1.54) is 11.3 Å². The molecule has 1 atom stereocenters. The molecule has 1 aliphatic heterocycles. The molecule has 188 valence electrons. The number of thiophene rings is 1. The van der Waals surface area contributed by atoms with Gasteiger partial charge in [-0.1, -0.05) is 6.92 Å². The van der Waals surface area contributed by atoms with Crippen LogP contribution in [0.15, 0.2) is 11.4 Å². The van der Waals surface area contributed by atoms with Gasteiger partial charge in [-0.25, -0.2) is 9.59 Å². The first-order valence-electron chi connectivity index (χ1n) is 12.7. The van der Waals surface area contributed by atoms with E-state index in [1.54, 1.807) is 16.3 Å². The second-order valence-electron chi connectivity index (χ2n) is 10.1. The summed E-state index contributed by atoms with van der Waals surface area (Å²) < 4.78 is 5.55. The van der Waals surface area contributed by atoms with Gasteiger partial charge in [0, 0.05) is 24.5 Å². The van der Waals surface area contributed by atoms with Crippen LogP contribution in [0.5, 0.6) is 0 Å². The molecule has 2 saturated carbocycles. The van der Waals surface area contributed by atoms with Gasteiger partial charge in [-0.05, 0) is 88.1 Å². The Morgan fingerprint density at radius 2 is 1.82 bits per heavy atom. The number of nitrogens with zero attached hydrogens (tertiary/aromatic N) is 1. The number of alkyl carbamates (subject to hydrolysis) is 1. The number of piperidine rings is 1. The Balaban J connectivity index is 1.40. The highest BCUT2D eigenvalue weighted by Crippen LogP contribution is 2.37. The molecule has 3 fully saturated rings. The van der Waals surface area contributed by atoms with Crippen molar-refractivity contribution >= 4 is 35.0 Å². The fourth-order valence-electron chi connectivity index (χ4n) is 5.60. The monoisotopic (exact) mass is 491 g/mol. The fourth-order valence-corrected chi connectivity index (χ4v) is 6.32. The van der Waals surface area contributed by atoms with Gasteiger partial charge < -0.3 is 25.4 Å². The first-order chi connectivity index (χ1) is 16.4. The number of hydrogen-bond acceptors (Lipinski definition) is 6. The molecule has 8 nitrogen and oxygen atoms in total. The Morgan fingerprint density at radius 3 is 2.47 bits per heavy atom. The highest BCUT2D eigenvalue weighted by molar-refractivity contribution is 7.12. The van der Waals surface area contributed by atoms with E-state index in [-0.39, 0.29) is 41.0 Å². The molecular formula is C25H37N3O5S. The number of rotatable bonds is 6. The van der Waals surface area contributed by atoms with Crippen LogP contribution in [0.1, 0.15) is 80.8 Å². The summed E-state index contributed by atoms with van der Waals surface area (Å²) in [5, 5.41) is 17.7. The average Bonchev–Trinajstić information content (AvgIpc) is 3.31. The molecule has 2 heterocycles. The van der Waals surface area contributed by atoms with Crippen molar-refractivity contribution in [2.45, 2.75) is 89.3 Å². The highest BCUT2D eigenvalue weighted by Gasteiger charge is 2.37. The van der Waals surface area contributed by atoms with Gasteiger partial charge in [0.15, 0.2) is 0 Å². The van der Waals surface area contributed by atoms with Crippen molar-refractivity contribution < 1.29 is 24.2 Å². The summed E-state index contributed by atoms with van der Waals surface area (Å²) in [7, 11) is 0. The van der Waals surface area contributed by atoms with Crippen LogP contribution in [0.25, 0.3) is 0 Å². The summed E-state index contributed by atoms with van der Waals surface area (Å²) in [4.78, 5) is 39.9. The van der Waals surface area contributed by atoms with Gasteiger partial charge in [0.1, 0.15) is 11.0 Å². The van der Waals surface area contributed by atoms with Crippen LogP contribution >= 0.6 is 11.3 Å². The third-order valence-corrected chi connectivity index (χ3v) is 8.50. The molecule has 2 amide bonds. The molecule has 1 saturated heterocycles. The Kier molecular flexibility index (Phi) is 8.47. The van der Waals surface area contributed by atoms with Gasteiger partial charge in [0.05, 0.1) is 5.69 Å². The second kappa shape index (κ2) is 11.5. The van der Waals surface area contributed by atoms with Crippen LogP contribution in [0.3, 0.4) is 0 Å². The Morgan fingerprint density at radius 1 is 1.09 bits per heavy atom. The molecule has 34 heavy (non-hydrogen) atoms. The lowest BCUT2D eigenvalue weighted by atomic mass is 9.81. The van der Waals surface area contributed by atoms with E-state index < -0.39 is 5.97 Å². The smallest absolute Gasteiger partial charge is 0.407 e. The zero-order valence-electron chi connectivity index (χ0n) is 20.0. The lowest BCUT2D eigenvalue weighted by Gasteiger charge is -2.39. The van der Waals surface area contributed by atoms with Crippen molar-refractivity contribution in [3.8, 4) is 0 Å². The van der Waals surface area contributed by atoms with Crippen molar-refractivity contribution in [3.05, 3.63) is 16.3 Å². The maximum atomic E-state index is 13.7. The van der Waals surface area contributed by atoms with Crippen molar-refractivity contribution in [1.82, 2.24) is 10.6 Å². The van der Waals surface area contributed by atoms with E-state index in [1.807, 2.05) is 0 Å². The highest BCUT2D eigenvalue weighted by atomic mass is 32.1. The van der Waals surface area contributed by atoms with Gasteiger partial charge in [0.25, 0.3) is 0 Å². The van der Waals surface area contributed by atoms with Crippen molar-refractivity contribution in [3.63, 3.8) is 0 Å². The zero-order valence-corrected chi connectivity index (χ0v) is 20.8. The zero-order chi connectivity index (χ0) is 24.1. The third-order valence-electron chi connectivity index (χ3n) is 7.61. The molecule has 0 aromatic carbocycles. The number of hydrogen-bond donors (Lipinski definition) is 3. The number of carboxylic acid groups (broad SMARTS) is 1. The molecule has 4 rings (SSSR count). The lowest BCUT2D eigenvalue weighted by molar-refractivity contribution is -0.124. The van der Waals surface area contributed by atoms with Gasteiger partial charge >= 0.3 is 12.1 Å². The fraction of sp³-hybridized carbons (Fsp3) is 0.720. The third kappa shape index (κ3) is 6.10. The molecule has 1 aromatic rings. The average molecular weight is 492 g/mol. The lowest BCUT2D eigenvalue weighted by Crippen LogP contribution is -2.49. The van der Waals surface area contributed by atoms with Crippen molar-refractivity contribution in [2.75, 3.05) is 18.0 Å². The SMILES string of the molecule is CC1CCC(C(=O)N(c2ccsc2C(=O)O)C2CCC(NC(=O)O[C@@H]3CCCNC3)CC2)CC1. The minimum atomic E-state index is -0.990. The maximum Gasteiger partial charge on any atom is 0.407 e. The van der Waals surface area contributed by atoms with Crippen LogP contribution < -0.4 is 15.5 Å². The number of nitrogens with one attached hydrogen (secondary N) is 2. The normalized spacial score (nSPS) is 29.7. The van der Waals surface area contributed by atoms with E-state index in [0.717, 1.165) is 70.8 Å². The second-order valence-corrected chi connectivity index (χ2v) is 11.0. The van der Waals surface area contributed by atoms with Crippen LogP contribution in [-0.2, 0) is 9.53 Å². The molecule has 0 radical (unpaired) electrons.